The molecule has 2 aromatic carbocycles. The summed E-state index contributed by atoms with van der Waals surface area (Å²) in [5, 5.41) is 3.76. The van der Waals surface area contributed by atoms with Crippen molar-refractivity contribution < 1.29 is 14.2 Å². The topological polar surface area (TPSA) is 78.1 Å². The number of rotatable bonds is 9. The minimum atomic E-state index is -0.245. The summed E-state index contributed by atoms with van der Waals surface area (Å²) in [7, 11) is 4.87. The number of guanidine groups is 1. The fraction of sp³-hybridized carbons (Fsp3) is 0.350. The van der Waals surface area contributed by atoms with Crippen molar-refractivity contribution in [2.45, 2.75) is 12.5 Å². The Morgan fingerprint density at radius 1 is 1.11 bits per heavy atom. The minimum absolute atomic E-state index is 0.245. The molecule has 2 rings (SSSR count). The SMILES string of the molecule is COc1ccc(CCNC(N)=NCC(OC)c2ccccc2Cl)cc1OC. The van der Waals surface area contributed by atoms with Crippen molar-refractivity contribution >= 4 is 17.6 Å². The highest BCUT2D eigenvalue weighted by Gasteiger charge is 2.13. The lowest BCUT2D eigenvalue weighted by Gasteiger charge is -2.15. The third kappa shape index (κ3) is 6.05. The first-order valence-corrected chi connectivity index (χ1v) is 8.98. The average molecular weight is 392 g/mol. The van der Waals surface area contributed by atoms with E-state index < -0.39 is 0 Å². The van der Waals surface area contributed by atoms with E-state index in [1.165, 1.54) is 0 Å². The summed E-state index contributed by atoms with van der Waals surface area (Å²) in [4.78, 5) is 4.36. The number of benzene rings is 2. The molecule has 1 unspecified atom stereocenters. The van der Waals surface area contributed by atoms with Crippen LogP contribution in [-0.4, -0.2) is 40.4 Å². The quantitative estimate of drug-likeness (QED) is 0.507. The molecule has 0 saturated carbocycles. The van der Waals surface area contributed by atoms with Crippen LogP contribution in [-0.2, 0) is 11.2 Å². The summed E-state index contributed by atoms with van der Waals surface area (Å²) in [5.41, 5.74) is 7.97. The van der Waals surface area contributed by atoms with Gasteiger partial charge in [-0.2, -0.15) is 0 Å². The molecule has 0 saturated heterocycles. The second kappa shape index (κ2) is 10.6. The minimum Gasteiger partial charge on any atom is -0.493 e. The highest BCUT2D eigenvalue weighted by Crippen LogP contribution is 2.27. The fourth-order valence-corrected chi connectivity index (χ4v) is 2.90. The van der Waals surface area contributed by atoms with E-state index in [4.69, 9.17) is 31.5 Å². The van der Waals surface area contributed by atoms with Gasteiger partial charge in [0.15, 0.2) is 17.5 Å². The van der Waals surface area contributed by atoms with Crippen LogP contribution in [0.15, 0.2) is 47.5 Å². The molecule has 0 aliphatic rings. The second-order valence-corrected chi connectivity index (χ2v) is 6.25. The Bertz CT molecular complexity index is 768. The Labute approximate surface area is 165 Å². The van der Waals surface area contributed by atoms with Crippen LogP contribution in [0.5, 0.6) is 11.5 Å². The molecule has 0 aliphatic carbocycles. The molecule has 1 atom stereocenters. The fourth-order valence-electron chi connectivity index (χ4n) is 2.64. The van der Waals surface area contributed by atoms with Gasteiger partial charge in [-0.05, 0) is 30.2 Å². The molecule has 0 bridgehead atoms. The van der Waals surface area contributed by atoms with Crippen LogP contribution in [0.25, 0.3) is 0 Å². The van der Waals surface area contributed by atoms with Gasteiger partial charge in [0.2, 0.25) is 0 Å². The summed E-state index contributed by atoms with van der Waals surface area (Å²) < 4.78 is 16.0. The number of ether oxygens (including phenoxy) is 3. The first kappa shape index (κ1) is 20.9. The summed E-state index contributed by atoms with van der Waals surface area (Å²) in [6, 6.07) is 13.4. The predicted octanol–water partition coefficient (Wildman–Crippen LogP) is 3.19. The second-order valence-electron chi connectivity index (χ2n) is 5.84. The van der Waals surface area contributed by atoms with Crippen LogP contribution in [0.1, 0.15) is 17.2 Å². The van der Waals surface area contributed by atoms with Gasteiger partial charge in [0, 0.05) is 24.2 Å². The maximum Gasteiger partial charge on any atom is 0.188 e. The zero-order valence-electron chi connectivity index (χ0n) is 15.9. The third-order valence-electron chi connectivity index (χ3n) is 4.13. The molecule has 6 nitrogen and oxygen atoms in total. The van der Waals surface area contributed by atoms with Crippen molar-refractivity contribution in [1.82, 2.24) is 5.32 Å². The molecule has 27 heavy (non-hydrogen) atoms. The molecule has 7 heteroatoms. The van der Waals surface area contributed by atoms with Crippen molar-refractivity contribution in [2.24, 2.45) is 10.7 Å². The van der Waals surface area contributed by atoms with Crippen molar-refractivity contribution in [1.29, 1.82) is 0 Å². The van der Waals surface area contributed by atoms with Gasteiger partial charge in [0.25, 0.3) is 0 Å². The largest absolute Gasteiger partial charge is 0.493 e. The summed E-state index contributed by atoms with van der Waals surface area (Å²) in [6.07, 6.45) is 0.527. The maximum atomic E-state index is 6.22. The maximum absolute atomic E-state index is 6.22. The number of methoxy groups -OCH3 is 3. The molecule has 0 heterocycles. The van der Waals surface area contributed by atoms with E-state index in [-0.39, 0.29) is 6.10 Å². The summed E-state index contributed by atoms with van der Waals surface area (Å²) >= 11 is 6.22. The van der Waals surface area contributed by atoms with Gasteiger partial charge >= 0.3 is 0 Å². The van der Waals surface area contributed by atoms with E-state index in [1.807, 2.05) is 42.5 Å². The van der Waals surface area contributed by atoms with Gasteiger partial charge in [-0.1, -0.05) is 35.9 Å². The van der Waals surface area contributed by atoms with Gasteiger partial charge in [-0.3, -0.25) is 4.99 Å². The number of nitrogens with one attached hydrogen (secondary N) is 1. The average Bonchev–Trinajstić information content (AvgIpc) is 2.69. The van der Waals surface area contributed by atoms with E-state index in [9.17, 15) is 0 Å². The molecule has 0 radical (unpaired) electrons. The normalized spacial score (nSPS) is 12.5. The number of hydrogen-bond donors (Lipinski definition) is 2. The smallest absolute Gasteiger partial charge is 0.188 e. The van der Waals surface area contributed by atoms with E-state index >= 15 is 0 Å². The molecule has 0 aromatic heterocycles. The molecular weight excluding hydrogens is 366 g/mol. The Hall–Kier alpha value is -2.44. The third-order valence-corrected chi connectivity index (χ3v) is 4.48. The number of nitrogens with zero attached hydrogens (tertiary/aromatic N) is 1. The van der Waals surface area contributed by atoms with Crippen LogP contribution in [0.2, 0.25) is 5.02 Å². The van der Waals surface area contributed by atoms with Gasteiger partial charge in [-0.15, -0.1) is 0 Å². The van der Waals surface area contributed by atoms with E-state index in [0.717, 1.165) is 17.5 Å². The lowest BCUT2D eigenvalue weighted by atomic mass is 10.1. The van der Waals surface area contributed by atoms with Crippen LogP contribution < -0.4 is 20.5 Å². The number of hydrogen-bond acceptors (Lipinski definition) is 4. The standard InChI is InChI=1S/C20H26ClN3O3/c1-25-17-9-8-14(12-18(17)26-2)10-11-23-20(22)24-13-19(27-3)15-6-4-5-7-16(15)21/h4-9,12,19H,10-11,13H2,1-3H3,(H3,22,23,24). The number of nitrogens with two attached hydrogens (primary N) is 1. The highest BCUT2D eigenvalue weighted by molar-refractivity contribution is 6.31. The summed E-state index contributed by atoms with van der Waals surface area (Å²) in [6.45, 7) is 1.03. The predicted molar refractivity (Wildman–Crippen MR) is 109 cm³/mol. The monoisotopic (exact) mass is 391 g/mol. The molecule has 0 aliphatic heterocycles. The van der Waals surface area contributed by atoms with Crippen LogP contribution in [0.4, 0.5) is 0 Å². The summed E-state index contributed by atoms with van der Waals surface area (Å²) in [5.74, 6) is 1.78. The van der Waals surface area contributed by atoms with Crippen molar-refractivity contribution in [3.63, 3.8) is 0 Å². The Kier molecular flexibility index (Phi) is 8.23. The molecule has 0 spiro atoms. The lowest BCUT2D eigenvalue weighted by Crippen LogP contribution is -2.33. The molecule has 0 amide bonds. The van der Waals surface area contributed by atoms with E-state index in [0.29, 0.717) is 35.6 Å². The first-order valence-electron chi connectivity index (χ1n) is 8.61. The molecule has 146 valence electrons. The Morgan fingerprint density at radius 3 is 2.52 bits per heavy atom. The Morgan fingerprint density at radius 2 is 1.85 bits per heavy atom. The number of aliphatic imine (C=N–C) groups is 1. The molecule has 2 aromatic rings. The van der Waals surface area contributed by atoms with Gasteiger partial charge in [0.1, 0.15) is 6.10 Å². The van der Waals surface area contributed by atoms with Gasteiger partial charge in [-0.25, -0.2) is 0 Å². The van der Waals surface area contributed by atoms with Crippen molar-refractivity contribution in [3.05, 3.63) is 58.6 Å². The Balaban J connectivity index is 1.88. The van der Waals surface area contributed by atoms with Crippen molar-refractivity contribution in [3.8, 4) is 11.5 Å². The van der Waals surface area contributed by atoms with Crippen LogP contribution in [0.3, 0.4) is 0 Å². The van der Waals surface area contributed by atoms with E-state index in [1.54, 1.807) is 21.3 Å². The zero-order chi connectivity index (χ0) is 19.6. The lowest BCUT2D eigenvalue weighted by molar-refractivity contribution is 0.111. The molecule has 0 fully saturated rings. The molecular formula is C20H26ClN3O3. The van der Waals surface area contributed by atoms with Gasteiger partial charge in [0.05, 0.1) is 20.8 Å². The zero-order valence-corrected chi connectivity index (χ0v) is 16.6. The van der Waals surface area contributed by atoms with Crippen LogP contribution >= 0.6 is 11.6 Å². The first-order chi connectivity index (χ1) is 13.1. The van der Waals surface area contributed by atoms with Gasteiger partial charge < -0.3 is 25.3 Å². The number of halogens is 1. The highest BCUT2D eigenvalue weighted by atomic mass is 35.5. The van der Waals surface area contributed by atoms with Crippen molar-refractivity contribution in [2.75, 3.05) is 34.4 Å². The molecule has 3 N–H and O–H groups in total. The van der Waals surface area contributed by atoms with Crippen LogP contribution in [0, 0.1) is 0 Å². The van der Waals surface area contributed by atoms with E-state index in [2.05, 4.69) is 10.3 Å².